The molecule has 0 aliphatic carbocycles. The summed E-state index contributed by atoms with van der Waals surface area (Å²) in [6.45, 7) is 3.68. The second kappa shape index (κ2) is 13.6. The number of ether oxygens (including phenoxy) is 3. The maximum absolute atomic E-state index is 12.8. The van der Waals surface area contributed by atoms with Crippen LogP contribution in [0.15, 0.2) is 90.0 Å². The number of amides is 1. The topological polar surface area (TPSA) is 103 Å². The van der Waals surface area contributed by atoms with Crippen LogP contribution >= 0.6 is 23.2 Å². The zero-order valence-electron chi connectivity index (χ0n) is 22.0. The van der Waals surface area contributed by atoms with E-state index in [0.717, 1.165) is 11.1 Å². The quantitative estimate of drug-likeness (QED) is 0.102. The summed E-state index contributed by atoms with van der Waals surface area (Å²) < 4.78 is 16.5. The molecule has 1 N–H and O–H groups in total. The molecule has 0 atom stereocenters. The van der Waals surface area contributed by atoms with Gasteiger partial charge in [-0.05, 0) is 97.8 Å². The van der Waals surface area contributed by atoms with Crippen LogP contribution < -0.4 is 19.6 Å². The first kappa shape index (κ1) is 29.3. The molecule has 0 saturated heterocycles. The van der Waals surface area contributed by atoms with E-state index in [0.29, 0.717) is 21.4 Å². The smallest absolute Gasteiger partial charge is 0.343 e. The highest BCUT2D eigenvalue weighted by molar-refractivity contribution is 6.31. The summed E-state index contributed by atoms with van der Waals surface area (Å²) in [5.41, 5.74) is 5.39. The Morgan fingerprint density at radius 2 is 1.32 bits per heavy atom. The number of hydrazone groups is 1. The van der Waals surface area contributed by atoms with Gasteiger partial charge in [0.15, 0.2) is 6.61 Å². The molecule has 8 nitrogen and oxygen atoms in total. The number of rotatable bonds is 9. The third-order valence-electron chi connectivity index (χ3n) is 5.80. The van der Waals surface area contributed by atoms with E-state index in [4.69, 9.17) is 37.4 Å². The van der Waals surface area contributed by atoms with Gasteiger partial charge in [-0.1, -0.05) is 29.3 Å². The number of nitrogens with one attached hydrogen (secondary N) is 1. The van der Waals surface area contributed by atoms with Gasteiger partial charge in [-0.15, -0.1) is 0 Å². The lowest BCUT2D eigenvalue weighted by Gasteiger charge is -2.11. The number of halogens is 2. The number of carbonyl (C=O) groups excluding carboxylic acids is 3. The van der Waals surface area contributed by atoms with Gasteiger partial charge in [0.05, 0.1) is 17.3 Å². The minimum absolute atomic E-state index is 0.0377. The van der Waals surface area contributed by atoms with Crippen LogP contribution in [0, 0.1) is 13.8 Å². The minimum Gasteiger partial charge on any atom is -0.484 e. The molecule has 4 aromatic rings. The number of hydrogen-bond donors (Lipinski definition) is 1. The van der Waals surface area contributed by atoms with E-state index >= 15 is 0 Å². The van der Waals surface area contributed by atoms with Crippen molar-refractivity contribution in [3.05, 3.63) is 123 Å². The maximum atomic E-state index is 12.8. The van der Waals surface area contributed by atoms with Gasteiger partial charge in [0, 0.05) is 21.7 Å². The van der Waals surface area contributed by atoms with Crippen LogP contribution in [0.3, 0.4) is 0 Å². The van der Waals surface area contributed by atoms with Crippen LogP contribution in [-0.4, -0.2) is 30.7 Å². The number of nitrogens with zero attached hydrogens (tertiary/aromatic N) is 1. The molecule has 0 aliphatic rings. The molecule has 10 heteroatoms. The lowest BCUT2D eigenvalue weighted by molar-refractivity contribution is -0.123. The summed E-state index contributed by atoms with van der Waals surface area (Å²) in [5, 5.41) is 4.89. The fourth-order valence-corrected chi connectivity index (χ4v) is 3.68. The van der Waals surface area contributed by atoms with Crippen LogP contribution in [0.25, 0.3) is 0 Å². The van der Waals surface area contributed by atoms with E-state index in [-0.39, 0.29) is 29.2 Å². The van der Waals surface area contributed by atoms with Gasteiger partial charge < -0.3 is 14.2 Å². The Balaban J connectivity index is 1.48. The van der Waals surface area contributed by atoms with Crippen LogP contribution in [0.5, 0.6) is 17.2 Å². The van der Waals surface area contributed by atoms with Crippen molar-refractivity contribution in [3.63, 3.8) is 0 Å². The van der Waals surface area contributed by atoms with Crippen LogP contribution in [0.2, 0.25) is 10.0 Å². The molecule has 0 radical (unpaired) electrons. The van der Waals surface area contributed by atoms with Crippen molar-refractivity contribution >= 4 is 47.3 Å². The van der Waals surface area contributed by atoms with Crippen molar-refractivity contribution in [1.82, 2.24) is 5.43 Å². The Hall–Kier alpha value is -4.66. The third kappa shape index (κ3) is 8.41. The van der Waals surface area contributed by atoms with Crippen molar-refractivity contribution in [2.75, 3.05) is 6.61 Å². The van der Waals surface area contributed by atoms with Gasteiger partial charge >= 0.3 is 11.9 Å². The predicted octanol–water partition coefficient (Wildman–Crippen LogP) is 6.58. The molecule has 0 aliphatic heterocycles. The molecule has 0 aromatic heterocycles. The number of carbonyl (C=O) groups is 3. The first-order chi connectivity index (χ1) is 19.7. The highest BCUT2D eigenvalue weighted by Crippen LogP contribution is 2.26. The molecule has 1 amide bonds. The van der Waals surface area contributed by atoms with Crippen molar-refractivity contribution in [2.45, 2.75) is 13.8 Å². The van der Waals surface area contributed by atoms with Gasteiger partial charge in [-0.3, -0.25) is 4.79 Å². The van der Waals surface area contributed by atoms with Crippen molar-refractivity contribution in [1.29, 1.82) is 0 Å². The van der Waals surface area contributed by atoms with Gasteiger partial charge in [-0.25, -0.2) is 15.0 Å². The molecule has 41 heavy (non-hydrogen) atoms. The van der Waals surface area contributed by atoms with Crippen LogP contribution in [0.1, 0.15) is 37.4 Å². The first-order valence-electron chi connectivity index (χ1n) is 12.3. The number of hydrogen-bond acceptors (Lipinski definition) is 7. The largest absolute Gasteiger partial charge is 0.484 e. The van der Waals surface area contributed by atoms with E-state index < -0.39 is 17.8 Å². The summed E-state index contributed by atoms with van der Waals surface area (Å²) >= 11 is 11.8. The van der Waals surface area contributed by atoms with Crippen molar-refractivity contribution in [2.24, 2.45) is 5.10 Å². The average Bonchev–Trinajstić information content (AvgIpc) is 2.95. The molecule has 0 unspecified atom stereocenters. The fourth-order valence-electron chi connectivity index (χ4n) is 3.43. The second-order valence-electron chi connectivity index (χ2n) is 8.82. The highest BCUT2D eigenvalue weighted by Gasteiger charge is 2.15. The monoisotopic (exact) mass is 590 g/mol. The Labute approximate surface area is 246 Å². The fraction of sp³-hybridized carbons (Fsp3) is 0.0968. The van der Waals surface area contributed by atoms with E-state index in [1.54, 1.807) is 30.3 Å². The van der Waals surface area contributed by atoms with Gasteiger partial charge in [-0.2, -0.15) is 5.10 Å². The molecule has 0 bridgehead atoms. The molecule has 208 valence electrons. The predicted molar refractivity (Wildman–Crippen MR) is 156 cm³/mol. The lowest BCUT2D eigenvalue weighted by Crippen LogP contribution is -2.24. The van der Waals surface area contributed by atoms with Crippen LogP contribution in [0.4, 0.5) is 0 Å². The van der Waals surface area contributed by atoms with Gasteiger partial charge in [0.1, 0.15) is 17.2 Å². The molecule has 4 rings (SSSR count). The van der Waals surface area contributed by atoms with E-state index in [2.05, 4.69) is 10.5 Å². The van der Waals surface area contributed by atoms with Crippen molar-refractivity contribution < 1.29 is 28.6 Å². The summed E-state index contributed by atoms with van der Waals surface area (Å²) in [7, 11) is 0. The average molecular weight is 591 g/mol. The number of esters is 2. The standard InChI is InChI=1S/C31H24Cl2N2O6/c1-19-3-13-26(15-20(19)2)39-18-29(36)35-34-17-23-8-14-27(40-30(37)21-4-9-24(32)10-5-21)16-28(23)41-31(38)22-6-11-25(33)12-7-22/h3-17H,18H2,1-2H3,(H,35,36)/b34-17-. The van der Waals surface area contributed by atoms with E-state index in [1.807, 2.05) is 26.0 Å². The lowest BCUT2D eigenvalue weighted by atomic mass is 10.1. The number of aryl methyl sites for hydroxylation is 2. The minimum atomic E-state index is -0.677. The van der Waals surface area contributed by atoms with Gasteiger partial charge in [0.2, 0.25) is 0 Å². The summed E-state index contributed by atoms with van der Waals surface area (Å²) in [6.07, 6.45) is 1.29. The van der Waals surface area contributed by atoms with Gasteiger partial charge in [0.25, 0.3) is 5.91 Å². The molecule has 0 heterocycles. The zero-order valence-corrected chi connectivity index (χ0v) is 23.5. The van der Waals surface area contributed by atoms with E-state index in [9.17, 15) is 14.4 Å². The molecule has 0 fully saturated rings. The Bertz CT molecular complexity index is 1600. The van der Waals surface area contributed by atoms with Crippen molar-refractivity contribution in [3.8, 4) is 17.2 Å². The normalized spacial score (nSPS) is 10.7. The molecule has 0 spiro atoms. The zero-order chi connectivity index (χ0) is 29.4. The Morgan fingerprint density at radius 1 is 0.732 bits per heavy atom. The molecule has 4 aromatic carbocycles. The SMILES string of the molecule is Cc1ccc(OCC(=O)N/N=C\c2ccc(OC(=O)c3ccc(Cl)cc3)cc2OC(=O)c2ccc(Cl)cc2)cc1C. The molecular weight excluding hydrogens is 567 g/mol. The summed E-state index contributed by atoms with van der Waals surface area (Å²) in [6, 6.07) is 22.2. The summed E-state index contributed by atoms with van der Waals surface area (Å²) in [5.74, 6) is -1.08. The Morgan fingerprint density at radius 3 is 1.93 bits per heavy atom. The van der Waals surface area contributed by atoms with Crippen LogP contribution in [-0.2, 0) is 4.79 Å². The molecule has 0 saturated carbocycles. The third-order valence-corrected chi connectivity index (χ3v) is 6.30. The summed E-state index contributed by atoms with van der Waals surface area (Å²) in [4.78, 5) is 37.6. The first-order valence-corrected chi connectivity index (χ1v) is 13.0. The maximum Gasteiger partial charge on any atom is 0.343 e. The highest BCUT2D eigenvalue weighted by atomic mass is 35.5. The second-order valence-corrected chi connectivity index (χ2v) is 9.69. The number of benzene rings is 4. The Kier molecular flexibility index (Phi) is 9.73. The molecular formula is C31H24Cl2N2O6. The van der Waals surface area contributed by atoms with E-state index in [1.165, 1.54) is 48.7 Å².